The highest BCUT2D eigenvalue weighted by Gasteiger charge is 2.08. The number of benzene rings is 2. The van der Waals surface area contributed by atoms with Crippen LogP contribution in [-0.4, -0.2) is 37.4 Å². The molecule has 2 amide bonds. The summed E-state index contributed by atoms with van der Waals surface area (Å²) in [5, 5.41) is 5.68. The Morgan fingerprint density at radius 1 is 0.962 bits per heavy atom. The van der Waals surface area contributed by atoms with Gasteiger partial charge in [0.25, 0.3) is 5.91 Å². The fourth-order valence-corrected chi connectivity index (χ4v) is 2.76. The SMILES string of the molecule is CN(C)Cc1ccccc1CNC(=O)CCNC(=O)c1ccc(Br)cc1. The van der Waals surface area contributed by atoms with Crippen LogP contribution in [0.15, 0.2) is 53.0 Å². The summed E-state index contributed by atoms with van der Waals surface area (Å²) in [5.74, 6) is -0.262. The fourth-order valence-electron chi connectivity index (χ4n) is 2.50. The van der Waals surface area contributed by atoms with Crippen molar-refractivity contribution in [2.24, 2.45) is 0 Å². The number of hydrogen-bond acceptors (Lipinski definition) is 3. The zero-order chi connectivity index (χ0) is 18.9. The lowest BCUT2D eigenvalue weighted by Gasteiger charge is -2.14. The minimum absolute atomic E-state index is 0.0826. The minimum atomic E-state index is -0.179. The number of hydrogen-bond donors (Lipinski definition) is 2. The number of carbonyl (C=O) groups is 2. The fraction of sp³-hybridized carbons (Fsp3) is 0.300. The predicted molar refractivity (Wildman–Crippen MR) is 107 cm³/mol. The lowest BCUT2D eigenvalue weighted by Crippen LogP contribution is -2.30. The Kier molecular flexibility index (Phi) is 7.81. The molecular weight excluding hydrogens is 394 g/mol. The molecule has 2 N–H and O–H groups in total. The van der Waals surface area contributed by atoms with Crippen molar-refractivity contribution in [1.82, 2.24) is 15.5 Å². The number of amides is 2. The summed E-state index contributed by atoms with van der Waals surface area (Å²) in [6.45, 7) is 1.62. The molecule has 0 saturated carbocycles. The maximum atomic E-state index is 12.0. The number of carbonyl (C=O) groups excluding carboxylic acids is 2. The van der Waals surface area contributed by atoms with E-state index in [1.807, 2.05) is 44.4 Å². The van der Waals surface area contributed by atoms with Crippen molar-refractivity contribution in [3.05, 3.63) is 69.7 Å². The Morgan fingerprint density at radius 3 is 2.27 bits per heavy atom. The van der Waals surface area contributed by atoms with Gasteiger partial charge in [0.15, 0.2) is 0 Å². The van der Waals surface area contributed by atoms with Crippen LogP contribution in [0.1, 0.15) is 27.9 Å². The maximum Gasteiger partial charge on any atom is 0.251 e. The average molecular weight is 418 g/mol. The van der Waals surface area contributed by atoms with Crippen molar-refractivity contribution >= 4 is 27.7 Å². The van der Waals surface area contributed by atoms with Gasteiger partial charge in [0.1, 0.15) is 0 Å². The number of nitrogens with one attached hydrogen (secondary N) is 2. The molecule has 5 nitrogen and oxygen atoms in total. The second-order valence-corrected chi connectivity index (χ2v) is 7.21. The zero-order valence-corrected chi connectivity index (χ0v) is 16.7. The Labute approximate surface area is 162 Å². The third-order valence-corrected chi connectivity index (χ3v) is 4.35. The van der Waals surface area contributed by atoms with E-state index in [9.17, 15) is 9.59 Å². The van der Waals surface area contributed by atoms with Crippen LogP contribution >= 0.6 is 15.9 Å². The van der Waals surface area contributed by atoms with Crippen molar-refractivity contribution in [2.75, 3.05) is 20.6 Å². The van der Waals surface area contributed by atoms with Crippen LogP contribution in [0.3, 0.4) is 0 Å². The Hall–Kier alpha value is -2.18. The molecule has 0 aliphatic carbocycles. The molecule has 2 aromatic carbocycles. The molecule has 2 rings (SSSR count). The smallest absolute Gasteiger partial charge is 0.251 e. The molecule has 0 fully saturated rings. The molecule has 0 aromatic heterocycles. The molecular formula is C20H24BrN3O2. The molecule has 0 heterocycles. The van der Waals surface area contributed by atoms with Crippen LogP contribution in [0, 0.1) is 0 Å². The highest BCUT2D eigenvalue weighted by molar-refractivity contribution is 9.10. The first-order valence-electron chi connectivity index (χ1n) is 8.47. The average Bonchev–Trinajstić information content (AvgIpc) is 2.61. The van der Waals surface area contributed by atoms with Crippen LogP contribution in [-0.2, 0) is 17.9 Å². The topological polar surface area (TPSA) is 61.4 Å². The summed E-state index contributed by atoms with van der Waals surface area (Å²) in [7, 11) is 4.03. The van der Waals surface area contributed by atoms with Gasteiger partial charge in [0, 0.05) is 36.1 Å². The van der Waals surface area contributed by atoms with Crippen molar-refractivity contribution in [1.29, 1.82) is 0 Å². The van der Waals surface area contributed by atoms with Crippen molar-refractivity contribution in [3.8, 4) is 0 Å². The van der Waals surface area contributed by atoms with Gasteiger partial charge in [-0.05, 0) is 49.5 Å². The summed E-state index contributed by atoms with van der Waals surface area (Å²) >= 11 is 3.33. The monoisotopic (exact) mass is 417 g/mol. The van der Waals surface area contributed by atoms with Crippen LogP contribution in [0.5, 0.6) is 0 Å². The first-order chi connectivity index (χ1) is 12.5. The van der Waals surface area contributed by atoms with E-state index in [-0.39, 0.29) is 18.2 Å². The van der Waals surface area contributed by atoms with Gasteiger partial charge in [0.05, 0.1) is 0 Å². The van der Waals surface area contributed by atoms with Gasteiger partial charge in [-0.1, -0.05) is 40.2 Å². The number of halogens is 1. The molecule has 138 valence electrons. The normalized spacial score (nSPS) is 10.6. The lowest BCUT2D eigenvalue weighted by molar-refractivity contribution is -0.121. The van der Waals surface area contributed by atoms with E-state index in [2.05, 4.69) is 37.5 Å². The summed E-state index contributed by atoms with van der Waals surface area (Å²) < 4.78 is 0.919. The third kappa shape index (κ3) is 6.61. The largest absolute Gasteiger partial charge is 0.352 e. The van der Waals surface area contributed by atoms with Crippen LogP contribution in [0.2, 0.25) is 0 Å². The van der Waals surface area contributed by atoms with E-state index in [0.29, 0.717) is 18.7 Å². The number of nitrogens with zero attached hydrogens (tertiary/aromatic N) is 1. The van der Waals surface area contributed by atoms with E-state index in [0.717, 1.165) is 16.6 Å². The molecule has 0 unspecified atom stereocenters. The Morgan fingerprint density at radius 2 is 1.62 bits per heavy atom. The highest BCUT2D eigenvalue weighted by Crippen LogP contribution is 2.11. The van der Waals surface area contributed by atoms with E-state index in [4.69, 9.17) is 0 Å². The van der Waals surface area contributed by atoms with Crippen LogP contribution < -0.4 is 10.6 Å². The second kappa shape index (κ2) is 10.1. The van der Waals surface area contributed by atoms with Gasteiger partial charge in [-0.15, -0.1) is 0 Å². The lowest BCUT2D eigenvalue weighted by atomic mass is 10.1. The molecule has 0 bridgehead atoms. The predicted octanol–water partition coefficient (Wildman–Crippen LogP) is 2.95. The van der Waals surface area contributed by atoms with E-state index >= 15 is 0 Å². The maximum absolute atomic E-state index is 12.0. The summed E-state index contributed by atoms with van der Waals surface area (Å²) in [6.07, 6.45) is 0.248. The van der Waals surface area contributed by atoms with Gasteiger partial charge < -0.3 is 15.5 Å². The Balaban J connectivity index is 1.76. The van der Waals surface area contributed by atoms with Gasteiger partial charge in [-0.2, -0.15) is 0 Å². The van der Waals surface area contributed by atoms with Gasteiger partial charge in [-0.3, -0.25) is 9.59 Å². The molecule has 0 saturated heterocycles. The molecule has 0 radical (unpaired) electrons. The standard InChI is InChI=1S/C20H24BrN3O2/c1-24(2)14-17-6-4-3-5-16(17)13-23-19(25)11-12-22-20(26)15-7-9-18(21)10-8-15/h3-10H,11-14H2,1-2H3,(H,22,26)(H,23,25). The molecule has 0 aliphatic rings. The van der Waals surface area contributed by atoms with Gasteiger partial charge in [0.2, 0.25) is 5.91 Å². The molecule has 26 heavy (non-hydrogen) atoms. The quantitative estimate of drug-likeness (QED) is 0.693. The first kappa shape index (κ1) is 20.1. The van der Waals surface area contributed by atoms with Crippen molar-refractivity contribution < 1.29 is 9.59 Å². The van der Waals surface area contributed by atoms with Crippen LogP contribution in [0.4, 0.5) is 0 Å². The zero-order valence-electron chi connectivity index (χ0n) is 15.1. The molecule has 0 atom stereocenters. The van der Waals surface area contributed by atoms with Gasteiger partial charge in [-0.25, -0.2) is 0 Å². The van der Waals surface area contributed by atoms with Crippen LogP contribution in [0.25, 0.3) is 0 Å². The van der Waals surface area contributed by atoms with E-state index in [1.54, 1.807) is 12.1 Å². The molecule has 6 heteroatoms. The molecule has 0 aliphatic heterocycles. The molecule has 2 aromatic rings. The summed E-state index contributed by atoms with van der Waals surface area (Å²) in [6, 6.07) is 15.2. The third-order valence-electron chi connectivity index (χ3n) is 3.82. The second-order valence-electron chi connectivity index (χ2n) is 6.30. The van der Waals surface area contributed by atoms with E-state index < -0.39 is 0 Å². The van der Waals surface area contributed by atoms with E-state index in [1.165, 1.54) is 5.56 Å². The number of rotatable bonds is 8. The Bertz CT molecular complexity index is 745. The van der Waals surface area contributed by atoms with Gasteiger partial charge >= 0.3 is 0 Å². The minimum Gasteiger partial charge on any atom is -0.352 e. The van der Waals surface area contributed by atoms with Crippen molar-refractivity contribution in [2.45, 2.75) is 19.5 Å². The molecule has 0 spiro atoms. The summed E-state index contributed by atoms with van der Waals surface area (Å²) in [5.41, 5.74) is 2.88. The highest BCUT2D eigenvalue weighted by atomic mass is 79.9. The van der Waals surface area contributed by atoms with Crippen molar-refractivity contribution in [3.63, 3.8) is 0 Å². The first-order valence-corrected chi connectivity index (χ1v) is 9.27. The summed E-state index contributed by atoms with van der Waals surface area (Å²) in [4.78, 5) is 26.1.